The van der Waals surface area contributed by atoms with Crippen molar-refractivity contribution in [3.8, 4) is 0 Å². The van der Waals surface area contributed by atoms with Gasteiger partial charge in [0.1, 0.15) is 5.76 Å². The Morgan fingerprint density at radius 1 is 1.15 bits per heavy atom. The number of amides is 1. The van der Waals surface area contributed by atoms with Crippen LogP contribution in [0.2, 0.25) is 10.0 Å². The maximum Gasteiger partial charge on any atom is 0.232 e. The smallest absolute Gasteiger partial charge is 0.232 e. The van der Waals surface area contributed by atoms with Gasteiger partial charge in [-0.2, -0.15) is 0 Å². The van der Waals surface area contributed by atoms with Crippen LogP contribution < -0.4 is 0 Å². The number of carbonyl (C=O) groups excluding carboxylic acids is 1. The van der Waals surface area contributed by atoms with Gasteiger partial charge < -0.3 is 9.42 Å². The molecule has 3 rings (SSSR count). The SMILES string of the molecule is Cc1cc(CN2CCCN(C(=O)CSc3cc(C)c(Cl)cc3Cl)CC2)no1. The van der Waals surface area contributed by atoms with Crippen LogP contribution in [0.5, 0.6) is 0 Å². The van der Waals surface area contributed by atoms with E-state index in [0.717, 1.165) is 61.1 Å². The lowest BCUT2D eigenvalue weighted by Gasteiger charge is -2.21. The first-order chi connectivity index (χ1) is 12.9. The lowest BCUT2D eigenvalue weighted by Crippen LogP contribution is -2.36. The lowest BCUT2D eigenvalue weighted by molar-refractivity contribution is -0.128. The average Bonchev–Trinajstić information content (AvgIpc) is 2.89. The average molecular weight is 428 g/mol. The maximum absolute atomic E-state index is 12.6. The molecule has 0 N–H and O–H groups in total. The van der Waals surface area contributed by atoms with Gasteiger partial charge in [-0.05, 0) is 38.0 Å². The van der Waals surface area contributed by atoms with Crippen molar-refractivity contribution in [2.24, 2.45) is 0 Å². The van der Waals surface area contributed by atoms with Crippen molar-refractivity contribution in [3.63, 3.8) is 0 Å². The normalized spacial score (nSPS) is 15.8. The molecule has 1 aromatic carbocycles. The second-order valence-corrected chi connectivity index (χ2v) is 8.59. The second kappa shape index (κ2) is 9.32. The number of aryl methyl sites for hydroxylation is 2. The predicted octanol–water partition coefficient (Wildman–Crippen LogP) is 4.42. The summed E-state index contributed by atoms with van der Waals surface area (Å²) in [6.07, 6.45) is 0.952. The Bertz CT molecular complexity index is 812. The van der Waals surface area contributed by atoms with Gasteiger partial charge in [-0.15, -0.1) is 11.8 Å². The summed E-state index contributed by atoms with van der Waals surface area (Å²) >= 11 is 13.8. The summed E-state index contributed by atoms with van der Waals surface area (Å²) in [6.45, 7) is 7.88. The molecular formula is C19H23Cl2N3O2S. The predicted molar refractivity (Wildman–Crippen MR) is 110 cm³/mol. The minimum absolute atomic E-state index is 0.141. The molecule has 0 aliphatic carbocycles. The van der Waals surface area contributed by atoms with Crippen LogP contribution in [0.15, 0.2) is 27.6 Å². The number of benzene rings is 1. The third-order valence-electron chi connectivity index (χ3n) is 4.57. The van der Waals surface area contributed by atoms with Gasteiger partial charge in [0.25, 0.3) is 0 Å². The van der Waals surface area contributed by atoms with Crippen LogP contribution in [0.3, 0.4) is 0 Å². The number of thioether (sulfide) groups is 1. The standard InChI is InChI=1S/C19H23Cl2N3O2S/c1-13-8-18(17(21)10-16(13)20)27-12-19(25)24-5-3-4-23(6-7-24)11-15-9-14(2)26-22-15/h8-10H,3-7,11-12H2,1-2H3. The van der Waals surface area contributed by atoms with Crippen LogP contribution in [-0.4, -0.2) is 52.8 Å². The largest absolute Gasteiger partial charge is 0.361 e. The highest BCUT2D eigenvalue weighted by atomic mass is 35.5. The van der Waals surface area contributed by atoms with Crippen LogP contribution in [0, 0.1) is 13.8 Å². The van der Waals surface area contributed by atoms with Gasteiger partial charge in [0.15, 0.2) is 0 Å². The van der Waals surface area contributed by atoms with E-state index in [1.165, 1.54) is 11.8 Å². The summed E-state index contributed by atoms with van der Waals surface area (Å²) in [5, 5.41) is 5.29. The fraction of sp³-hybridized carbons (Fsp3) is 0.474. The summed E-state index contributed by atoms with van der Waals surface area (Å²) in [5.74, 6) is 1.34. The zero-order chi connectivity index (χ0) is 19.4. The Hall–Kier alpha value is -1.21. The molecule has 0 spiro atoms. The Morgan fingerprint density at radius 2 is 1.96 bits per heavy atom. The molecule has 8 heteroatoms. The first kappa shape index (κ1) is 20.5. The van der Waals surface area contributed by atoms with Crippen molar-refractivity contribution in [1.29, 1.82) is 0 Å². The highest BCUT2D eigenvalue weighted by molar-refractivity contribution is 8.00. The molecule has 0 unspecified atom stereocenters. The summed E-state index contributed by atoms with van der Waals surface area (Å²) in [7, 11) is 0. The molecule has 1 fully saturated rings. The van der Waals surface area contributed by atoms with Crippen molar-refractivity contribution < 1.29 is 9.32 Å². The van der Waals surface area contributed by atoms with Crippen molar-refractivity contribution >= 4 is 40.9 Å². The molecule has 5 nitrogen and oxygen atoms in total. The van der Waals surface area contributed by atoms with Crippen molar-refractivity contribution in [2.45, 2.75) is 31.7 Å². The molecule has 2 heterocycles. The van der Waals surface area contributed by atoms with E-state index in [4.69, 9.17) is 27.7 Å². The fourth-order valence-electron chi connectivity index (χ4n) is 3.07. The van der Waals surface area contributed by atoms with Crippen LogP contribution in [0.25, 0.3) is 0 Å². The molecule has 27 heavy (non-hydrogen) atoms. The molecule has 1 aliphatic rings. The van der Waals surface area contributed by atoms with E-state index in [-0.39, 0.29) is 5.91 Å². The lowest BCUT2D eigenvalue weighted by atomic mass is 10.2. The number of halogens is 2. The third-order valence-corrected chi connectivity index (χ3v) is 6.44. The molecule has 1 aliphatic heterocycles. The Balaban J connectivity index is 1.51. The van der Waals surface area contributed by atoms with Gasteiger partial charge in [-0.1, -0.05) is 28.4 Å². The topological polar surface area (TPSA) is 49.6 Å². The van der Waals surface area contributed by atoms with E-state index in [1.807, 2.05) is 30.9 Å². The van der Waals surface area contributed by atoms with Crippen molar-refractivity contribution in [1.82, 2.24) is 15.0 Å². The van der Waals surface area contributed by atoms with Crippen molar-refractivity contribution in [3.05, 3.63) is 45.3 Å². The number of nitrogens with zero attached hydrogens (tertiary/aromatic N) is 3. The summed E-state index contributed by atoms with van der Waals surface area (Å²) in [4.78, 5) is 17.8. The van der Waals surface area contributed by atoms with Gasteiger partial charge in [0.2, 0.25) is 5.91 Å². The maximum atomic E-state index is 12.6. The third kappa shape index (κ3) is 5.64. The first-order valence-electron chi connectivity index (χ1n) is 8.93. The van der Waals surface area contributed by atoms with Crippen LogP contribution in [-0.2, 0) is 11.3 Å². The quantitative estimate of drug-likeness (QED) is 0.660. The van der Waals surface area contributed by atoms with Gasteiger partial charge in [-0.25, -0.2) is 0 Å². The van der Waals surface area contributed by atoms with Crippen molar-refractivity contribution in [2.75, 3.05) is 31.9 Å². The zero-order valence-corrected chi connectivity index (χ0v) is 17.8. The molecular weight excluding hydrogens is 405 g/mol. The number of hydrogen-bond acceptors (Lipinski definition) is 5. The highest BCUT2D eigenvalue weighted by Gasteiger charge is 2.20. The molecule has 0 bridgehead atoms. The van der Waals surface area contributed by atoms with E-state index in [1.54, 1.807) is 6.07 Å². The Morgan fingerprint density at radius 3 is 2.70 bits per heavy atom. The van der Waals surface area contributed by atoms with Gasteiger partial charge in [0.05, 0.1) is 16.5 Å². The second-order valence-electron chi connectivity index (χ2n) is 6.76. The fourth-order valence-corrected chi connectivity index (χ4v) is 4.54. The van der Waals surface area contributed by atoms with E-state index < -0.39 is 0 Å². The van der Waals surface area contributed by atoms with Crippen LogP contribution >= 0.6 is 35.0 Å². The molecule has 1 amide bonds. The zero-order valence-electron chi connectivity index (χ0n) is 15.5. The van der Waals surface area contributed by atoms with E-state index in [9.17, 15) is 4.79 Å². The Labute approximate surface area is 174 Å². The molecule has 1 saturated heterocycles. The number of rotatable bonds is 5. The molecule has 0 atom stereocenters. The summed E-state index contributed by atoms with van der Waals surface area (Å²) < 4.78 is 5.13. The monoisotopic (exact) mass is 427 g/mol. The van der Waals surface area contributed by atoms with Gasteiger partial charge in [0, 0.05) is 48.7 Å². The summed E-state index contributed by atoms with van der Waals surface area (Å²) in [5.41, 5.74) is 1.90. The summed E-state index contributed by atoms with van der Waals surface area (Å²) in [6, 6.07) is 5.63. The minimum atomic E-state index is 0.141. The van der Waals surface area contributed by atoms with Gasteiger partial charge in [-0.3, -0.25) is 9.69 Å². The Kier molecular flexibility index (Phi) is 7.09. The first-order valence-corrected chi connectivity index (χ1v) is 10.7. The molecule has 1 aromatic heterocycles. The van der Waals surface area contributed by atoms with Crippen LogP contribution in [0.1, 0.15) is 23.4 Å². The molecule has 0 radical (unpaired) electrons. The van der Waals surface area contributed by atoms with E-state index >= 15 is 0 Å². The minimum Gasteiger partial charge on any atom is -0.361 e. The highest BCUT2D eigenvalue weighted by Crippen LogP contribution is 2.32. The van der Waals surface area contributed by atoms with E-state index in [2.05, 4.69) is 10.1 Å². The van der Waals surface area contributed by atoms with E-state index in [0.29, 0.717) is 15.8 Å². The molecule has 2 aromatic rings. The molecule has 0 saturated carbocycles. The van der Waals surface area contributed by atoms with Gasteiger partial charge >= 0.3 is 0 Å². The number of hydrogen-bond donors (Lipinski definition) is 0. The van der Waals surface area contributed by atoms with Crippen LogP contribution in [0.4, 0.5) is 0 Å². The molecule has 146 valence electrons. The number of carbonyl (C=O) groups is 1. The number of aromatic nitrogens is 1.